The van der Waals surface area contributed by atoms with Crippen molar-refractivity contribution in [3.8, 4) is 22.3 Å². The maximum atomic E-state index is 6.80. The highest BCUT2D eigenvalue weighted by Gasteiger charge is 2.22. The van der Waals surface area contributed by atoms with Crippen LogP contribution in [0.1, 0.15) is 0 Å². The summed E-state index contributed by atoms with van der Waals surface area (Å²) in [4.78, 5) is 7.43. The lowest BCUT2D eigenvalue weighted by molar-refractivity contribution is 0.669. The van der Waals surface area contributed by atoms with E-state index in [-0.39, 0.29) is 0 Å². The van der Waals surface area contributed by atoms with Crippen LogP contribution in [-0.4, -0.2) is 4.98 Å². The topological polar surface area (TPSA) is 29.3 Å². The van der Waals surface area contributed by atoms with Crippen LogP contribution < -0.4 is 4.90 Å². The Morgan fingerprint density at radius 1 is 0.389 bits per heavy atom. The lowest BCUT2D eigenvalue weighted by atomic mass is 9.93. The molecule has 0 atom stereocenters. The second-order valence-corrected chi connectivity index (χ2v) is 13.9. The van der Waals surface area contributed by atoms with Crippen molar-refractivity contribution < 1.29 is 4.42 Å². The summed E-state index contributed by atoms with van der Waals surface area (Å²) in [6.07, 6.45) is 0. The Kier molecular flexibility index (Phi) is 6.86. The molecule has 252 valence electrons. The number of hydrogen-bond donors (Lipinski definition) is 0. The largest absolute Gasteiger partial charge is 0.452 e. The highest BCUT2D eigenvalue weighted by Crippen LogP contribution is 2.45. The van der Waals surface area contributed by atoms with E-state index in [1.165, 1.54) is 43.4 Å². The molecule has 2 heterocycles. The van der Waals surface area contributed by atoms with Crippen molar-refractivity contribution in [2.45, 2.75) is 0 Å². The van der Waals surface area contributed by atoms with Gasteiger partial charge < -0.3 is 9.32 Å². The van der Waals surface area contributed by atoms with E-state index >= 15 is 0 Å². The zero-order chi connectivity index (χ0) is 35.6. The van der Waals surface area contributed by atoms with Crippen molar-refractivity contribution in [1.29, 1.82) is 0 Å². The Hall–Kier alpha value is -7.23. The molecule has 2 aromatic heterocycles. The van der Waals surface area contributed by atoms with Crippen LogP contribution in [0.2, 0.25) is 0 Å². The third-order valence-corrected chi connectivity index (χ3v) is 10.8. The van der Waals surface area contributed by atoms with Gasteiger partial charge in [0.15, 0.2) is 11.2 Å². The molecule has 11 aromatic rings. The third-order valence-electron chi connectivity index (χ3n) is 10.8. The number of aromatic nitrogens is 1. The van der Waals surface area contributed by atoms with E-state index in [2.05, 4.69) is 187 Å². The van der Waals surface area contributed by atoms with E-state index in [1.807, 2.05) is 12.1 Å². The van der Waals surface area contributed by atoms with Gasteiger partial charge in [0, 0.05) is 22.1 Å². The average Bonchev–Trinajstić information content (AvgIpc) is 3.60. The number of rotatable bonds is 5. The quantitative estimate of drug-likeness (QED) is 0.169. The number of para-hydroxylation sites is 2. The second-order valence-electron chi connectivity index (χ2n) is 13.9. The fourth-order valence-electron chi connectivity index (χ4n) is 8.29. The molecule has 0 aliphatic heterocycles. The minimum atomic E-state index is 0.775. The number of benzene rings is 9. The van der Waals surface area contributed by atoms with E-state index in [0.717, 1.165) is 61.2 Å². The van der Waals surface area contributed by atoms with E-state index in [0.29, 0.717) is 0 Å². The van der Waals surface area contributed by atoms with Gasteiger partial charge in [-0.1, -0.05) is 140 Å². The van der Waals surface area contributed by atoms with Gasteiger partial charge in [-0.05, 0) is 109 Å². The van der Waals surface area contributed by atoms with Crippen molar-refractivity contribution in [2.75, 3.05) is 4.90 Å². The molecule has 11 rings (SSSR count). The van der Waals surface area contributed by atoms with Crippen LogP contribution in [0.4, 0.5) is 17.1 Å². The summed E-state index contributed by atoms with van der Waals surface area (Å²) < 4.78 is 6.80. The normalized spacial score (nSPS) is 11.7. The standard InChI is InChI=1S/C51H32N2O/c1-4-21-40-33(13-1)16-11-25-41(40)34-17-9-19-38(29-34)53(48-28-12-26-45-50-49(54-51(45)48)32-37-15-3-8-27-47(37)52-50)39-20-10-18-35(30-39)46-31-36-14-2-5-22-42(36)43-23-6-7-24-44(43)46/h1-32H. The van der Waals surface area contributed by atoms with Gasteiger partial charge in [-0.15, -0.1) is 0 Å². The molecule has 0 aliphatic rings. The molecule has 0 unspecified atom stereocenters. The van der Waals surface area contributed by atoms with Crippen LogP contribution in [0.5, 0.6) is 0 Å². The Morgan fingerprint density at radius 3 is 1.80 bits per heavy atom. The molecule has 0 aliphatic carbocycles. The maximum Gasteiger partial charge on any atom is 0.161 e. The maximum absolute atomic E-state index is 6.80. The van der Waals surface area contributed by atoms with Gasteiger partial charge >= 0.3 is 0 Å². The second kappa shape index (κ2) is 12.2. The van der Waals surface area contributed by atoms with Crippen molar-refractivity contribution in [3.63, 3.8) is 0 Å². The summed E-state index contributed by atoms with van der Waals surface area (Å²) in [6.45, 7) is 0. The Bertz CT molecular complexity index is 3240. The number of hydrogen-bond acceptors (Lipinski definition) is 3. The summed E-state index contributed by atoms with van der Waals surface area (Å²) in [5.74, 6) is 0. The lowest BCUT2D eigenvalue weighted by Gasteiger charge is -2.27. The molecule has 0 amide bonds. The van der Waals surface area contributed by atoms with Gasteiger partial charge in [0.1, 0.15) is 5.52 Å². The SMILES string of the molecule is c1cc(-c2cccc3ccccc23)cc(N(c2cccc(-c3cc4ccccc4c4ccccc34)c2)c2cccc3c2oc2cc4ccccc4nc23)c1. The molecule has 0 saturated carbocycles. The number of anilines is 3. The molecule has 0 spiro atoms. The minimum absolute atomic E-state index is 0.775. The van der Waals surface area contributed by atoms with Gasteiger partial charge in [0.2, 0.25) is 0 Å². The van der Waals surface area contributed by atoms with E-state index in [4.69, 9.17) is 9.40 Å². The van der Waals surface area contributed by atoms with Crippen LogP contribution >= 0.6 is 0 Å². The van der Waals surface area contributed by atoms with Gasteiger partial charge in [0.05, 0.1) is 11.2 Å². The average molecular weight is 689 g/mol. The molecule has 0 fully saturated rings. The fraction of sp³-hybridized carbons (Fsp3) is 0. The Balaban J connectivity index is 1.16. The molecule has 0 N–H and O–H groups in total. The van der Waals surface area contributed by atoms with Gasteiger partial charge in [0.25, 0.3) is 0 Å². The predicted molar refractivity (Wildman–Crippen MR) is 227 cm³/mol. The predicted octanol–water partition coefficient (Wildman–Crippen LogP) is 14.4. The van der Waals surface area contributed by atoms with Crippen molar-refractivity contribution in [3.05, 3.63) is 194 Å². The summed E-state index contributed by atoms with van der Waals surface area (Å²) in [5.41, 5.74) is 11.1. The molecular formula is C51H32N2O. The lowest BCUT2D eigenvalue weighted by Crippen LogP contribution is -2.10. The molecule has 3 nitrogen and oxygen atoms in total. The van der Waals surface area contributed by atoms with Crippen molar-refractivity contribution >= 4 is 82.4 Å². The van der Waals surface area contributed by atoms with Gasteiger partial charge in [-0.3, -0.25) is 0 Å². The van der Waals surface area contributed by atoms with Crippen LogP contribution in [0.25, 0.3) is 87.5 Å². The van der Waals surface area contributed by atoms with E-state index in [1.54, 1.807) is 0 Å². The van der Waals surface area contributed by atoms with Crippen molar-refractivity contribution in [1.82, 2.24) is 4.98 Å². The van der Waals surface area contributed by atoms with Gasteiger partial charge in [-0.2, -0.15) is 0 Å². The molecule has 0 bridgehead atoms. The van der Waals surface area contributed by atoms with Crippen LogP contribution in [0.15, 0.2) is 199 Å². The Morgan fingerprint density at radius 2 is 0.981 bits per heavy atom. The summed E-state index contributed by atoms with van der Waals surface area (Å²) in [7, 11) is 0. The van der Waals surface area contributed by atoms with Gasteiger partial charge in [-0.25, -0.2) is 4.98 Å². The highest BCUT2D eigenvalue weighted by molar-refractivity contribution is 6.14. The first-order chi connectivity index (χ1) is 26.8. The fourth-order valence-corrected chi connectivity index (χ4v) is 8.29. The zero-order valence-electron chi connectivity index (χ0n) is 29.3. The number of nitrogens with zero attached hydrogens (tertiary/aromatic N) is 2. The first kappa shape index (κ1) is 30.4. The first-order valence-corrected chi connectivity index (χ1v) is 18.4. The number of fused-ring (bicyclic) bond motifs is 8. The van der Waals surface area contributed by atoms with E-state index < -0.39 is 0 Å². The molecular weight excluding hydrogens is 657 g/mol. The van der Waals surface area contributed by atoms with E-state index in [9.17, 15) is 0 Å². The third kappa shape index (κ3) is 4.87. The molecule has 3 heteroatoms. The van der Waals surface area contributed by atoms with Crippen LogP contribution in [0.3, 0.4) is 0 Å². The molecule has 0 radical (unpaired) electrons. The highest BCUT2D eigenvalue weighted by atomic mass is 16.3. The number of pyridine rings is 1. The Labute approximate surface area is 312 Å². The smallest absolute Gasteiger partial charge is 0.161 e. The van der Waals surface area contributed by atoms with Crippen molar-refractivity contribution in [2.24, 2.45) is 0 Å². The van der Waals surface area contributed by atoms with Crippen LogP contribution in [-0.2, 0) is 0 Å². The monoisotopic (exact) mass is 688 g/mol. The summed E-state index contributed by atoms with van der Waals surface area (Å²) in [5, 5.41) is 9.46. The molecule has 9 aromatic carbocycles. The molecule has 54 heavy (non-hydrogen) atoms. The van der Waals surface area contributed by atoms with Crippen LogP contribution in [0, 0.1) is 0 Å². The zero-order valence-corrected chi connectivity index (χ0v) is 29.3. The minimum Gasteiger partial charge on any atom is -0.452 e. The number of furan rings is 1. The first-order valence-electron chi connectivity index (χ1n) is 18.4. The molecule has 0 saturated heterocycles. The summed E-state index contributed by atoms with van der Waals surface area (Å²) in [6, 6.07) is 69.4. The summed E-state index contributed by atoms with van der Waals surface area (Å²) >= 11 is 0.